The Kier molecular flexibility index (Phi) is 6.41. The molecule has 27 heavy (non-hydrogen) atoms. The van der Waals surface area contributed by atoms with Gasteiger partial charge in [-0.05, 0) is 18.2 Å². The number of carbonyl (C=O) groups is 2. The van der Waals surface area contributed by atoms with Crippen LogP contribution in [0.1, 0.15) is 11.3 Å². The minimum Gasteiger partial charge on any atom is -0.481 e. The van der Waals surface area contributed by atoms with Crippen LogP contribution < -0.4 is 5.32 Å². The molecule has 8 heteroatoms. The Morgan fingerprint density at radius 1 is 1.11 bits per heavy atom. The number of nitrogens with one attached hydrogen (secondary N) is 1. The molecule has 2 amide bonds. The van der Waals surface area contributed by atoms with Crippen molar-refractivity contribution >= 4 is 23.3 Å². The average Bonchev–Trinajstić information content (AvgIpc) is 3.10. The highest BCUT2D eigenvalue weighted by atomic mass is 32.1. The molecule has 2 aromatic rings. The Bertz CT molecular complexity index is 803. The number of piperazine rings is 1. The molecule has 2 N–H and O–H groups in total. The van der Waals surface area contributed by atoms with Gasteiger partial charge in [0.05, 0.1) is 6.42 Å². The van der Waals surface area contributed by atoms with Gasteiger partial charge < -0.3 is 15.3 Å². The van der Waals surface area contributed by atoms with E-state index in [-0.39, 0.29) is 24.8 Å². The molecule has 0 radical (unpaired) electrons. The fraction of sp³-hybridized carbons (Fsp3) is 0.368. The molecule has 1 aromatic heterocycles. The van der Waals surface area contributed by atoms with Crippen molar-refractivity contribution in [3.63, 3.8) is 0 Å². The number of hydrogen-bond donors (Lipinski definition) is 2. The first-order valence-corrected chi connectivity index (χ1v) is 9.65. The topological polar surface area (TPSA) is 72.9 Å². The molecular weight excluding hydrogens is 369 g/mol. The quantitative estimate of drug-likeness (QED) is 0.794. The zero-order valence-electron chi connectivity index (χ0n) is 14.9. The number of carboxylic acid groups (broad SMARTS) is 1. The van der Waals surface area contributed by atoms with Gasteiger partial charge in [0.25, 0.3) is 0 Å². The van der Waals surface area contributed by atoms with E-state index in [0.29, 0.717) is 18.7 Å². The van der Waals surface area contributed by atoms with Crippen LogP contribution in [0.25, 0.3) is 10.4 Å². The maximum atomic E-state index is 13.9. The third-order valence-corrected chi connectivity index (χ3v) is 5.56. The maximum Gasteiger partial charge on any atom is 0.317 e. The van der Waals surface area contributed by atoms with Crippen molar-refractivity contribution in [2.75, 3.05) is 32.7 Å². The molecule has 0 atom stereocenters. The summed E-state index contributed by atoms with van der Waals surface area (Å²) in [5.41, 5.74) is 0.622. The summed E-state index contributed by atoms with van der Waals surface area (Å²) in [7, 11) is 0. The Morgan fingerprint density at radius 2 is 1.85 bits per heavy atom. The number of rotatable bonds is 6. The molecule has 1 fully saturated rings. The number of thiophene rings is 1. The predicted octanol–water partition coefficient (Wildman–Crippen LogP) is 2.86. The van der Waals surface area contributed by atoms with Gasteiger partial charge in [0.2, 0.25) is 0 Å². The summed E-state index contributed by atoms with van der Waals surface area (Å²) in [6.45, 7) is 3.61. The number of hydrogen-bond acceptors (Lipinski definition) is 4. The van der Waals surface area contributed by atoms with Gasteiger partial charge in [-0.15, -0.1) is 11.3 Å². The van der Waals surface area contributed by atoms with E-state index in [1.165, 1.54) is 6.07 Å². The first-order valence-electron chi connectivity index (χ1n) is 8.83. The third kappa shape index (κ3) is 5.27. The van der Waals surface area contributed by atoms with Crippen molar-refractivity contribution in [1.29, 1.82) is 0 Å². The molecule has 0 unspecified atom stereocenters. The number of aliphatic carboxylic acids is 1. The van der Waals surface area contributed by atoms with Crippen molar-refractivity contribution in [2.45, 2.75) is 13.0 Å². The third-order valence-electron chi connectivity index (χ3n) is 4.46. The molecule has 144 valence electrons. The fourth-order valence-corrected chi connectivity index (χ4v) is 4.06. The number of amides is 2. The lowest BCUT2D eigenvalue weighted by Gasteiger charge is -2.34. The molecule has 3 rings (SSSR count). The van der Waals surface area contributed by atoms with Crippen LogP contribution in [0.5, 0.6) is 0 Å². The standard InChI is InChI=1S/C19H22FN3O3S/c20-16-4-2-1-3-15(16)17-6-5-14(27-17)13-22-9-11-23(12-10-22)19(26)21-8-7-18(24)25/h1-6H,7-13H2,(H,21,26)(H,24,25). The molecule has 0 saturated carbocycles. The molecule has 1 aliphatic rings. The predicted molar refractivity (Wildman–Crippen MR) is 102 cm³/mol. The molecular formula is C19H22FN3O3S. The van der Waals surface area contributed by atoms with Gasteiger partial charge in [-0.3, -0.25) is 9.69 Å². The van der Waals surface area contributed by atoms with Gasteiger partial charge >= 0.3 is 12.0 Å². The second-order valence-electron chi connectivity index (χ2n) is 6.38. The van der Waals surface area contributed by atoms with Crippen LogP contribution in [0.3, 0.4) is 0 Å². The summed E-state index contributed by atoms with van der Waals surface area (Å²) >= 11 is 1.58. The Hall–Kier alpha value is -2.45. The largest absolute Gasteiger partial charge is 0.481 e. The van der Waals surface area contributed by atoms with Crippen LogP contribution in [-0.2, 0) is 11.3 Å². The first kappa shape index (κ1) is 19.3. The van der Waals surface area contributed by atoms with Crippen LogP contribution in [0.15, 0.2) is 36.4 Å². The summed E-state index contributed by atoms with van der Waals surface area (Å²) < 4.78 is 13.9. The van der Waals surface area contributed by atoms with E-state index in [2.05, 4.69) is 10.2 Å². The van der Waals surface area contributed by atoms with E-state index >= 15 is 0 Å². The van der Waals surface area contributed by atoms with Crippen molar-refractivity contribution in [2.24, 2.45) is 0 Å². The number of halogens is 1. The lowest BCUT2D eigenvalue weighted by atomic mass is 10.2. The zero-order valence-corrected chi connectivity index (χ0v) is 15.7. The summed E-state index contributed by atoms with van der Waals surface area (Å²) in [6, 6.07) is 10.5. The number of carboxylic acids is 1. The first-order chi connectivity index (χ1) is 13.0. The van der Waals surface area contributed by atoms with Crippen molar-refractivity contribution < 1.29 is 19.1 Å². The van der Waals surface area contributed by atoms with E-state index in [1.807, 2.05) is 18.2 Å². The number of carbonyl (C=O) groups excluding carboxylic acids is 1. The normalized spacial score (nSPS) is 14.9. The lowest BCUT2D eigenvalue weighted by molar-refractivity contribution is -0.136. The van der Waals surface area contributed by atoms with Gasteiger partial charge in [-0.25, -0.2) is 9.18 Å². The van der Waals surface area contributed by atoms with Gasteiger partial charge in [0.1, 0.15) is 5.82 Å². The summed E-state index contributed by atoms with van der Waals surface area (Å²) in [5, 5.41) is 11.2. The Morgan fingerprint density at radius 3 is 2.56 bits per heavy atom. The smallest absolute Gasteiger partial charge is 0.317 e. The number of benzene rings is 1. The number of nitrogens with zero attached hydrogens (tertiary/aromatic N) is 2. The van der Waals surface area contributed by atoms with Gasteiger partial charge in [0, 0.05) is 54.6 Å². The van der Waals surface area contributed by atoms with Gasteiger partial charge in [-0.1, -0.05) is 18.2 Å². The molecule has 0 spiro atoms. The second kappa shape index (κ2) is 8.96. The molecule has 1 aromatic carbocycles. The van der Waals surface area contributed by atoms with E-state index < -0.39 is 5.97 Å². The van der Waals surface area contributed by atoms with Crippen LogP contribution in [0.4, 0.5) is 9.18 Å². The van der Waals surface area contributed by atoms with Gasteiger partial charge in [-0.2, -0.15) is 0 Å². The van der Waals surface area contributed by atoms with Crippen molar-refractivity contribution in [1.82, 2.24) is 15.1 Å². The number of urea groups is 1. The van der Waals surface area contributed by atoms with E-state index in [4.69, 9.17) is 5.11 Å². The Labute approximate surface area is 161 Å². The second-order valence-corrected chi connectivity index (χ2v) is 7.55. The minimum absolute atomic E-state index is 0.0750. The highest BCUT2D eigenvalue weighted by Crippen LogP contribution is 2.30. The summed E-state index contributed by atoms with van der Waals surface area (Å²) in [6.07, 6.45) is -0.0750. The van der Waals surface area contributed by atoms with Crippen LogP contribution >= 0.6 is 11.3 Å². The monoisotopic (exact) mass is 391 g/mol. The van der Waals surface area contributed by atoms with Crippen LogP contribution in [-0.4, -0.2) is 59.6 Å². The molecule has 2 heterocycles. The average molecular weight is 391 g/mol. The van der Waals surface area contributed by atoms with Gasteiger partial charge in [0.15, 0.2) is 0 Å². The fourth-order valence-electron chi connectivity index (χ4n) is 2.99. The zero-order chi connectivity index (χ0) is 19.2. The highest BCUT2D eigenvalue weighted by molar-refractivity contribution is 7.15. The molecule has 1 aliphatic heterocycles. The summed E-state index contributed by atoms with van der Waals surface area (Å²) in [5.74, 6) is -1.14. The highest BCUT2D eigenvalue weighted by Gasteiger charge is 2.21. The Balaban J connectivity index is 1.48. The van der Waals surface area contributed by atoms with Crippen molar-refractivity contribution in [3.05, 3.63) is 47.1 Å². The van der Waals surface area contributed by atoms with Crippen LogP contribution in [0.2, 0.25) is 0 Å². The molecule has 0 aliphatic carbocycles. The SMILES string of the molecule is O=C(O)CCNC(=O)N1CCN(Cc2ccc(-c3ccccc3F)s2)CC1. The molecule has 1 saturated heterocycles. The molecule has 6 nitrogen and oxygen atoms in total. The minimum atomic E-state index is -0.925. The van der Waals surface area contributed by atoms with E-state index in [0.717, 1.165) is 29.4 Å². The van der Waals surface area contributed by atoms with E-state index in [9.17, 15) is 14.0 Å². The molecule has 0 bridgehead atoms. The van der Waals surface area contributed by atoms with Crippen LogP contribution in [0, 0.1) is 5.82 Å². The van der Waals surface area contributed by atoms with E-state index in [1.54, 1.807) is 28.4 Å². The summed E-state index contributed by atoms with van der Waals surface area (Å²) in [4.78, 5) is 28.5. The lowest BCUT2D eigenvalue weighted by Crippen LogP contribution is -2.51. The van der Waals surface area contributed by atoms with Crippen molar-refractivity contribution in [3.8, 4) is 10.4 Å². The maximum absolute atomic E-state index is 13.9.